The third-order valence-corrected chi connectivity index (χ3v) is 3.60. The van der Waals surface area contributed by atoms with E-state index in [4.69, 9.17) is 0 Å². The molecule has 1 saturated heterocycles. The van der Waals surface area contributed by atoms with Gasteiger partial charge in [0, 0.05) is 32.4 Å². The zero-order chi connectivity index (χ0) is 18.3. The van der Waals surface area contributed by atoms with Crippen molar-refractivity contribution in [1.29, 1.82) is 0 Å². The lowest BCUT2D eigenvalue weighted by Crippen LogP contribution is -2.47. The topological polar surface area (TPSA) is 81.6 Å². The average molecular weight is 358 g/mol. The van der Waals surface area contributed by atoms with Crippen molar-refractivity contribution in [2.45, 2.75) is 18.6 Å². The summed E-state index contributed by atoms with van der Waals surface area (Å²) in [5.41, 5.74) is 0.579. The predicted octanol–water partition coefficient (Wildman–Crippen LogP) is 0.822. The van der Waals surface area contributed by atoms with E-state index in [9.17, 15) is 18.0 Å². The van der Waals surface area contributed by atoms with E-state index in [1.54, 1.807) is 18.3 Å². The van der Waals surface area contributed by atoms with E-state index in [0.717, 1.165) is 0 Å². The van der Waals surface area contributed by atoms with E-state index in [1.807, 2.05) is 0 Å². The Morgan fingerprint density at radius 3 is 2.92 bits per heavy atom. The van der Waals surface area contributed by atoms with Gasteiger partial charge in [0.2, 0.25) is 5.91 Å². The molecule has 1 aromatic rings. The monoisotopic (exact) mass is 358 g/mol. The molecule has 0 spiro atoms. The number of aromatic nitrogens is 1. The number of anilines is 1. The molecule has 25 heavy (non-hydrogen) atoms. The molecular weight excluding hydrogens is 337 g/mol. The fraction of sp³-hybridized carbons (Fsp3) is 0.533. The van der Waals surface area contributed by atoms with Crippen molar-refractivity contribution in [3.05, 3.63) is 24.5 Å². The summed E-state index contributed by atoms with van der Waals surface area (Å²) in [6, 6.07) is 3.28. The third-order valence-electron chi connectivity index (χ3n) is 3.60. The summed E-state index contributed by atoms with van der Waals surface area (Å²) < 4.78 is 37.2. The Hall–Kier alpha value is -2.36. The summed E-state index contributed by atoms with van der Waals surface area (Å²) in [4.78, 5) is 21.1. The summed E-state index contributed by atoms with van der Waals surface area (Å²) in [5.74, 6) is 0.0984. The molecule has 7 nitrogen and oxygen atoms in total. The molecule has 1 amide bonds. The molecular formula is C15H21F3N6O. The number of hydrogen-bond donors (Lipinski definition) is 3. The van der Waals surface area contributed by atoms with Crippen LogP contribution in [-0.4, -0.2) is 67.2 Å². The number of alkyl halides is 3. The van der Waals surface area contributed by atoms with Crippen molar-refractivity contribution in [1.82, 2.24) is 20.5 Å². The van der Waals surface area contributed by atoms with Crippen LogP contribution in [-0.2, 0) is 4.79 Å². The van der Waals surface area contributed by atoms with E-state index in [2.05, 4.69) is 25.9 Å². The third kappa shape index (κ3) is 6.96. The highest BCUT2D eigenvalue weighted by molar-refractivity contribution is 5.94. The van der Waals surface area contributed by atoms with Crippen molar-refractivity contribution in [2.24, 2.45) is 4.99 Å². The second-order valence-electron chi connectivity index (χ2n) is 5.70. The highest BCUT2D eigenvalue weighted by atomic mass is 19.4. The summed E-state index contributed by atoms with van der Waals surface area (Å²) in [6.07, 6.45) is -0.486. The van der Waals surface area contributed by atoms with E-state index in [1.165, 1.54) is 18.1 Å². The number of aliphatic imine (C=N–C) groups is 1. The van der Waals surface area contributed by atoms with E-state index < -0.39 is 12.7 Å². The van der Waals surface area contributed by atoms with Gasteiger partial charge in [-0.25, -0.2) is 0 Å². The first-order valence-electron chi connectivity index (χ1n) is 7.82. The molecule has 10 heteroatoms. The summed E-state index contributed by atoms with van der Waals surface area (Å²) in [6.45, 7) is -0.282. The Morgan fingerprint density at radius 2 is 2.28 bits per heavy atom. The van der Waals surface area contributed by atoms with Gasteiger partial charge in [0.15, 0.2) is 5.96 Å². The number of likely N-dealkylation sites (tertiary alicyclic amines) is 1. The van der Waals surface area contributed by atoms with Crippen molar-refractivity contribution in [2.75, 3.05) is 38.5 Å². The molecule has 2 heterocycles. The molecule has 0 aliphatic carbocycles. The largest absolute Gasteiger partial charge is 0.401 e. The van der Waals surface area contributed by atoms with Crippen LogP contribution in [0.25, 0.3) is 0 Å². The van der Waals surface area contributed by atoms with Gasteiger partial charge in [-0.1, -0.05) is 0 Å². The van der Waals surface area contributed by atoms with Gasteiger partial charge >= 0.3 is 6.18 Å². The predicted molar refractivity (Wildman–Crippen MR) is 88.3 cm³/mol. The molecule has 0 radical (unpaired) electrons. The van der Waals surface area contributed by atoms with Gasteiger partial charge in [0.25, 0.3) is 0 Å². The number of nitrogens with one attached hydrogen (secondary N) is 3. The number of guanidine groups is 1. The van der Waals surface area contributed by atoms with E-state index in [0.29, 0.717) is 24.6 Å². The number of carbonyl (C=O) groups is 1. The lowest BCUT2D eigenvalue weighted by molar-refractivity contribution is -0.143. The Morgan fingerprint density at radius 1 is 1.48 bits per heavy atom. The maximum Gasteiger partial charge on any atom is 0.401 e. The van der Waals surface area contributed by atoms with Crippen LogP contribution in [0.3, 0.4) is 0 Å². The van der Waals surface area contributed by atoms with Crippen LogP contribution in [0.4, 0.5) is 18.9 Å². The standard InChI is InChI=1S/C15H21F3N6O/c1-19-14(21-8-13(25)22-11-3-2-5-20-7-11)23-12-4-6-24(9-12)10-15(16,17)18/h2-3,5,7,12H,4,6,8-10H2,1H3,(H,22,25)(H2,19,21,23). The SMILES string of the molecule is CN=C(NCC(=O)Nc1cccnc1)NC1CCN(CC(F)(F)F)C1. The lowest BCUT2D eigenvalue weighted by Gasteiger charge is -2.19. The molecule has 1 unspecified atom stereocenters. The number of rotatable bonds is 5. The molecule has 0 bridgehead atoms. The lowest BCUT2D eigenvalue weighted by atomic mass is 10.3. The molecule has 138 valence electrons. The Labute approximate surface area is 143 Å². The van der Waals surface area contributed by atoms with Gasteiger partial charge in [-0.2, -0.15) is 13.2 Å². The van der Waals surface area contributed by atoms with Gasteiger partial charge in [-0.05, 0) is 18.6 Å². The number of halogens is 3. The van der Waals surface area contributed by atoms with Gasteiger partial charge in [0.1, 0.15) is 0 Å². The number of nitrogens with zero attached hydrogens (tertiary/aromatic N) is 3. The minimum atomic E-state index is -4.20. The second kappa shape index (κ2) is 8.65. The molecule has 1 aliphatic heterocycles. The maximum absolute atomic E-state index is 12.4. The maximum atomic E-state index is 12.4. The van der Waals surface area contributed by atoms with Crippen LogP contribution in [0.1, 0.15) is 6.42 Å². The van der Waals surface area contributed by atoms with Gasteiger partial charge in [-0.3, -0.25) is 19.7 Å². The Kier molecular flexibility index (Phi) is 6.57. The normalized spacial score (nSPS) is 18.9. The van der Waals surface area contributed by atoms with Crippen molar-refractivity contribution < 1.29 is 18.0 Å². The van der Waals surface area contributed by atoms with Crippen molar-refractivity contribution in [3.8, 4) is 0 Å². The number of carbonyl (C=O) groups excluding carboxylic acids is 1. The van der Waals surface area contributed by atoms with Crippen LogP contribution in [0, 0.1) is 0 Å². The van der Waals surface area contributed by atoms with Crippen LogP contribution in [0.5, 0.6) is 0 Å². The zero-order valence-corrected chi connectivity index (χ0v) is 13.8. The fourth-order valence-electron chi connectivity index (χ4n) is 2.54. The van der Waals surface area contributed by atoms with Crippen LogP contribution in [0.2, 0.25) is 0 Å². The summed E-state index contributed by atoms with van der Waals surface area (Å²) >= 11 is 0. The van der Waals surface area contributed by atoms with E-state index >= 15 is 0 Å². The van der Waals surface area contributed by atoms with E-state index in [-0.39, 0.29) is 25.0 Å². The second-order valence-corrected chi connectivity index (χ2v) is 5.70. The van der Waals surface area contributed by atoms with Gasteiger partial charge in [-0.15, -0.1) is 0 Å². The van der Waals surface area contributed by atoms with Crippen molar-refractivity contribution >= 4 is 17.6 Å². The number of amides is 1. The molecule has 1 fully saturated rings. The van der Waals surface area contributed by atoms with Crippen LogP contribution >= 0.6 is 0 Å². The highest BCUT2D eigenvalue weighted by Gasteiger charge is 2.34. The van der Waals surface area contributed by atoms with Gasteiger partial charge < -0.3 is 16.0 Å². The molecule has 0 saturated carbocycles. The average Bonchev–Trinajstić information content (AvgIpc) is 2.97. The first-order valence-corrected chi connectivity index (χ1v) is 7.82. The van der Waals surface area contributed by atoms with Crippen molar-refractivity contribution in [3.63, 3.8) is 0 Å². The van der Waals surface area contributed by atoms with Crippen LogP contribution in [0.15, 0.2) is 29.5 Å². The number of pyridine rings is 1. The quantitative estimate of drug-likeness (QED) is 0.536. The first-order chi connectivity index (χ1) is 11.9. The summed E-state index contributed by atoms with van der Waals surface area (Å²) in [5, 5.41) is 8.55. The van der Waals surface area contributed by atoms with Crippen LogP contribution < -0.4 is 16.0 Å². The minimum absolute atomic E-state index is 0.0203. The molecule has 2 rings (SSSR count). The first kappa shape index (κ1) is 19.0. The molecule has 0 aromatic carbocycles. The fourth-order valence-corrected chi connectivity index (χ4v) is 2.54. The number of hydrogen-bond acceptors (Lipinski definition) is 4. The Balaban J connectivity index is 1.73. The zero-order valence-electron chi connectivity index (χ0n) is 13.8. The molecule has 1 aromatic heterocycles. The minimum Gasteiger partial charge on any atom is -0.352 e. The molecule has 3 N–H and O–H groups in total. The van der Waals surface area contributed by atoms with Gasteiger partial charge in [0.05, 0.1) is 25.0 Å². The highest BCUT2D eigenvalue weighted by Crippen LogP contribution is 2.19. The molecule has 1 atom stereocenters. The smallest absolute Gasteiger partial charge is 0.352 e. The Bertz CT molecular complexity index is 593. The summed E-state index contributed by atoms with van der Waals surface area (Å²) in [7, 11) is 1.54. The molecule has 1 aliphatic rings.